The largest absolute Gasteiger partial charge is 0.345 e. The maximum Gasteiger partial charge on any atom is 0.253 e. The summed E-state index contributed by atoms with van der Waals surface area (Å²) in [6.45, 7) is 0.636. The molecule has 96 valence electrons. The van der Waals surface area contributed by atoms with E-state index in [1.807, 2.05) is 42.8 Å². The average Bonchev–Trinajstić information content (AvgIpc) is 3.07. The lowest BCUT2D eigenvalue weighted by atomic mass is 10.2. The number of nitrogens with zero attached hydrogens (tertiary/aromatic N) is 2. The molecule has 1 N–H and O–H groups in total. The summed E-state index contributed by atoms with van der Waals surface area (Å²) in [6, 6.07) is 9.55. The van der Waals surface area contributed by atoms with Gasteiger partial charge in [0.15, 0.2) is 0 Å². The van der Waals surface area contributed by atoms with E-state index in [4.69, 9.17) is 0 Å². The van der Waals surface area contributed by atoms with Crippen LogP contribution in [0.1, 0.15) is 15.2 Å². The second-order valence-electron chi connectivity index (χ2n) is 4.38. The van der Waals surface area contributed by atoms with Crippen LogP contribution < -0.4 is 0 Å². The fourth-order valence-corrected chi connectivity index (χ4v) is 2.75. The first-order valence-corrected chi connectivity index (χ1v) is 6.83. The first kappa shape index (κ1) is 11.9. The number of benzene rings is 1. The number of rotatable bonds is 3. The maximum atomic E-state index is 12.3. The second-order valence-corrected chi connectivity index (χ2v) is 5.41. The molecule has 0 aliphatic heterocycles. The van der Waals surface area contributed by atoms with Crippen LogP contribution in [-0.4, -0.2) is 27.8 Å². The van der Waals surface area contributed by atoms with Crippen molar-refractivity contribution < 1.29 is 4.79 Å². The van der Waals surface area contributed by atoms with Gasteiger partial charge in [-0.3, -0.25) is 4.79 Å². The molecule has 3 rings (SSSR count). The minimum absolute atomic E-state index is 0.0184. The van der Waals surface area contributed by atoms with Crippen molar-refractivity contribution in [2.24, 2.45) is 0 Å². The molecule has 0 bridgehead atoms. The van der Waals surface area contributed by atoms with E-state index in [1.54, 1.807) is 22.6 Å². The molecule has 1 amide bonds. The van der Waals surface area contributed by atoms with Gasteiger partial charge in [-0.25, -0.2) is 4.98 Å². The molecule has 2 heterocycles. The van der Waals surface area contributed by atoms with E-state index in [-0.39, 0.29) is 5.91 Å². The zero-order valence-corrected chi connectivity index (χ0v) is 11.3. The number of imidazole rings is 1. The molecule has 0 unspecified atom stereocenters. The van der Waals surface area contributed by atoms with Crippen molar-refractivity contribution in [3.8, 4) is 0 Å². The molecule has 5 heteroatoms. The number of aromatic nitrogens is 2. The van der Waals surface area contributed by atoms with Crippen LogP contribution in [0.4, 0.5) is 0 Å². The van der Waals surface area contributed by atoms with Crippen molar-refractivity contribution in [3.05, 3.63) is 52.5 Å². The third-order valence-corrected chi connectivity index (χ3v) is 3.85. The summed E-state index contributed by atoms with van der Waals surface area (Å²) >= 11 is 1.66. The summed E-state index contributed by atoms with van der Waals surface area (Å²) in [7, 11) is 1.82. The lowest BCUT2D eigenvalue weighted by Gasteiger charge is -2.16. The van der Waals surface area contributed by atoms with Gasteiger partial charge in [0.2, 0.25) is 0 Å². The highest BCUT2D eigenvalue weighted by Crippen LogP contribution is 2.16. The van der Waals surface area contributed by atoms with Gasteiger partial charge >= 0.3 is 0 Å². The lowest BCUT2D eigenvalue weighted by molar-refractivity contribution is 0.0786. The minimum Gasteiger partial charge on any atom is -0.345 e. The van der Waals surface area contributed by atoms with E-state index < -0.39 is 0 Å². The third kappa shape index (κ3) is 2.37. The molecular weight excluding hydrogens is 258 g/mol. The van der Waals surface area contributed by atoms with Crippen molar-refractivity contribution in [1.29, 1.82) is 0 Å². The molecule has 1 aromatic carbocycles. The highest BCUT2D eigenvalue weighted by atomic mass is 32.1. The van der Waals surface area contributed by atoms with Gasteiger partial charge in [-0.1, -0.05) is 6.07 Å². The van der Waals surface area contributed by atoms with Crippen LogP contribution >= 0.6 is 11.3 Å². The smallest absolute Gasteiger partial charge is 0.253 e. The quantitative estimate of drug-likeness (QED) is 0.796. The predicted molar refractivity (Wildman–Crippen MR) is 76.2 cm³/mol. The monoisotopic (exact) mass is 271 g/mol. The number of carbonyl (C=O) groups is 1. The third-order valence-electron chi connectivity index (χ3n) is 2.99. The van der Waals surface area contributed by atoms with E-state index in [2.05, 4.69) is 9.97 Å². The molecule has 0 aliphatic rings. The number of fused-ring (bicyclic) bond motifs is 1. The minimum atomic E-state index is 0.0184. The molecule has 19 heavy (non-hydrogen) atoms. The van der Waals surface area contributed by atoms with Gasteiger partial charge in [0.1, 0.15) is 0 Å². The first-order valence-electron chi connectivity index (χ1n) is 5.95. The molecule has 0 saturated heterocycles. The standard InChI is InChI=1S/C14H13N3OS/c1-17(8-11-3-2-6-19-11)14(18)10-4-5-12-13(7-10)16-9-15-12/h2-7,9H,8H2,1H3,(H,15,16). The molecule has 0 spiro atoms. The Bertz CT molecular complexity index is 702. The molecule has 0 saturated carbocycles. The van der Waals surface area contributed by atoms with Crippen molar-refractivity contribution in [1.82, 2.24) is 14.9 Å². The first-order chi connectivity index (χ1) is 9.24. The molecule has 0 atom stereocenters. The zero-order chi connectivity index (χ0) is 13.2. The molecule has 2 aromatic heterocycles. The Morgan fingerprint density at radius 1 is 1.42 bits per heavy atom. The second kappa shape index (κ2) is 4.85. The summed E-state index contributed by atoms with van der Waals surface area (Å²) in [4.78, 5) is 22.4. The van der Waals surface area contributed by atoms with E-state index in [0.717, 1.165) is 11.0 Å². The number of hydrogen-bond acceptors (Lipinski definition) is 3. The van der Waals surface area contributed by atoms with Crippen LogP contribution in [0, 0.1) is 0 Å². The van der Waals surface area contributed by atoms with Crippen LogP contribution in [0.3, 0.4) is 0 Å². The summed E-state index contributed by atoms with van der Waals surface area (Å²) in [5.74, 6) is 0.0184. The summed E-state index contributed by atoms with van der Waals surface area (Å²) in [5, 5.41) is 2.02. The van der Waals surface area contributed by atoms with Gasteiger partial charge in [0.25, 0.3) is 5.91 Å². The van der Waals surface area contributed by atoms with Gasteiger partial charge in [0.05, 0.1) is 23.9 Å². The van der Waals surface area contributed by atoms with Crippen molar-refractivity contribution in [3.63, 3.8) is 0 Å². The SMILES string of the molecule is CN(Cc1cccs1)C(=O)c1ccc2nc[nH]c2c1. The number of aromatic amines is 1. The van der Waals surface area contributed by atoms with E-state index in [9.17, 15) is 4.79 Å². The summed E-state index contributed by atoms with van der Waals surface area (Å²) in [6.07, 6.45) is 1.63. The van der Waals surface area contributed by atoms with Crippen molar-refractivity contribution in [2.45, 2.75) is 6.54 Å². The topological polar surface area (TPSA) is 49.0 Å². The van der Waals surface area contributed by atoms with Crippen LogP contribution in [0.5, 0.6) is 0 Å². The van der Waals surface area contributed by atoms with Crippen LogP contribution in [0.2, 0.25) is 0 Å². The van der Waals surface area contributed by atoms with Crippen LogP contribution in [0.15, 0.2) is 42.0 Å². The number of H-pyrrole nitrogens is 1. The number of carbonyl (C=O) groups excluding carboxylic acids is 1. The number of hydrogen-bond donors (Lipinski definition) is 1. The Hall–Kier alpha value is -2.14. The van der Waals surface area contributed by atoms with Gasteiger partial charge in [-0.15, -0.1) is 11.3 Å². The molecule has 4 nitrogen and oxygen atoms in total. The molecule has 3 aromatic rings. The predicted octanol–water partition coefficient (Wildman–Crippen LogP) is 2.90. The van der Waals surface area contributed by atoms with Gasteiger partial charge < -0.3 is 9.88 Å². The maximum absolute atomic E-state index is 12.3. The molecule has 0 radical (unpaired) electrons. The van der Waals surface area contributed by atoms with Crippen molar-refractivity contribution in [2.75, 3.05) is 7.05 Å². The van der Waals surface area contributed by atoms with Crippen LogP contribution in [0.25, 0.3) is 11.0 Å². The Balaban J connectivity index is 1.82. The van der Waals surface area contributed by atoms with Gasteiger partial charge in [-0.2, -0.15) is 0 Å². The van der Waals surface area contributed by atoms with E-state index in [1.165, 1.54) is 4.88 Å². The number of amides is 1. The molecule has 0 fully saturated rings. The van der Waals surface area contributed by atoms with Gasteiger partial charge in [-0.05, 0) is 29.6 Å². The Labute approximate surface area is 114 Å². The van der Waals surface area contributed by atoms with Crippen LogP contribution in [-0.2, 0) is 6.54 Å². The van der Waals surface area contributed by atoms with Crippen molar-refractivity contribution >= 4 is 28.3 Å². The van der Waals surface area contributed by atoms with E-state index >= 15 is 0 Å². The molecule has 0 aliphatic carbocycles. The number of nitrogens with one attached hydrogen (secondary N) is 1. The fourth-order valence-electron chi connectivity index (χ4n) is 2.00. The van der Waals surface area contributed by atoms with E-state index in [0.29, 0.717) is 12.1 Å². The fraction of sp³-hybridized carbons (Fsp3) is 0.143. The highest BCUT2D eigenvalue weighted by Gasteiger charge is 2.13. The zero-order valence-electron chi connectivity index (χ0n) is 10.5. The summed E-state index contributed by atoms with van der Waals surface area (Å²) in [5.41, 5.74) is 2.43. The Morgan fingerprint density at radius 2 is 2.32 bits per heavy atom. The number of thiophene rings is 1. The lowest BCUT2D eigenvalue weighted by Crippen LogP contribution is -2.25. The Kier molecular flexibility index (Phi) is 3.05. The normalized spacial score (nSPS) is 10.8. The highest BCUT2D eigenvalue weighted by molar-refractivity contribution is 7.09. The molecular formula is C14H13N3OS. The summed E-state index contributed by atoms with van der Waals surface area (Å²) < 4.78 is 0. The van der Waals surface area contributed by atoms with Gasteiger partial charge in [0, 0.05) is 17.5 Å². The average molecular weight is 271 g/mol. The Morgan fingerprint density at radius 3 is 3.11 bits per heavy atom.